The van der Waals surface area contributed by atoms with Gasteiger partial charge in [0.1, 0.15) is 5.75 Å². The summed E-state index contributed by atoms with van der Waals surface area (Å²) in [5.74, 6) is 0.652. The SMILES string of the molecule is C=CCN(CC(=C)C)S(=O)(=O)c1ccc(OC(C)C)cc1. The standard InChI is InChI=1S/C16H23NO3S/c1-6-11-17(12-13(2)3)21(18,19)16-9-7-15(8-10-16)20-14(4)5/h6-10,14H,1-2,11-12H2,3-5H3. The van der Waals surface area contributed by atoms with Crippen LogP contribution in [0.4, 0.5) is 0 Å². The zero-order chi connectivity index (χ0) is 16.0. The van der Waals surface area contributed by atoms with Crippen LogP contribution >= 0.6 is 0 Å². The predicted molar refractivity (Wildman–Crippen MR) is 86.0 cm³/mol. The van der Waals surface area contributed by atoms with Gasteiger partial charge in [-0.05, 0) is 45.0 Å². The quantitative estimate of drug-likeness (QED) is 0.693. The first-order valence-electron chi connectivity index (χ1n) is 6.79. The van der Waals surface area contributed by atoms with Crippen molar-refractivity contribution in [1.29, 1.82) is 0 Å². The summed E-state index contributed by atoms with van der Waals surface area (Å²) >= 11 is 0. The van der Waals surface area contributed by atoms with Gasteiger partial charge in [-0.3, -0.25) is 0 Å². The lowest BCUT2D eigenvalue weighted by Gasteiger charge is -2.21. The fraction of sp³-hybridized carbons (Fsp3) is 0.375. The van der Waals surface area contributed by atoms with Crippen molar-refractivity contribution in [2.75, 3.05) is 13.1 Å². The van der Waals surface area contributed by atoms with Crippen molar-refractivity contribution in [3.63, 3.8) is 0 Å². The molecule has 0 spiro atoms. The van der Waals surface area contributed by atoms with Gasteiger partial charge in [-0.2, -0.15) is 4.31 Å². The van der Waals surface area contributed by atoms with Crippen LogP contribution in [0.25, 0.3) is 0 Å². The molecule has 1 rings (SSSR count). The molecule has 21 heavy (non-hydrogen) atoms. The molecule has 0 aromatic heterocycles. The Bertz CT molecular complexity index is 588. The van der Waals surface area contributed by atoms with Crippen molar-refractivity contribution < 1.29 is 13.2 Å². The van der Waals surface area contributed by atoms with Gasteiger partial charge in [0.05, 0.1) is 11.0 Å². The molecule has 0 amide bonds. The van der Waals surface area contributed by atoms with E-state index in [4.69, 9.17) is 4.74 Å². The van der Waals surface area contributed by atoms with Crippen LogP contribution in [0.2, 0.25) is 0 Å². The van der Waals surface area contributed by atoms with Crippen molar-refractivity contribution >= 4 is 10.0 Å². The van der Waals surface area contributed by atoms with Crippen LogP contribution in [0, 0.1) is 0 Å². The van der Waals surface area contributed by atoms with Gasteiger partial charge in [-0.15, -0.1) is 6.58 Å². The minimum Gasteiger partial charge on any atom is -0.491 e. The van der Waals surface area contributed by atoms with Crippen LogP contribution in [-0.2, 0) is 10.0 Å². The molecule has 1 aromatic carbocycles. The first-order valence-corrected chi connectivity index (χ1v) is 8.23. The average molecular weight is 309 g/mol. The molecule has 0 heterocycles. The topological polar surface area (TPSA) is 46.6 Å². The molecule has 0 saturated heterocycles. The summed E-state index contributed by atoms with van der Waals surface area (Å²) in [4.78, 5) is 0.238. The molecule has 1 aromatic rings. The number of ether oxygens (including phenoxy) is 1. The summed E-state index contributed by atoms with van der Waals surface area (Å²) in [6, 6.07) is 6.45. The van der Waals surface area contributed by atoms with Crippen LogP contribution in [0.3, 0.4) is 0 Å². The Morgan fingerprint density at radius 2 is 1.90 bits per heavy atom. The van der Waals surface area contributed by atoms with E-state index in [1.54, 1.807) is 37.3 Å². The second kappa shape index (κ2) is 7.43. The Hall–Kier alpha value is -1.59. The maximum Gasteiger partial charge on any atom is 0.243 e. The van der Waals surface area contributed by atoms with E-state index in [1.807, 2.05) is 13.8 Å². The number of rotatable bonds is 8. The molecule has 0 fully saturated rings. The highest BCUT2D eigenvalue weighted by atomic mass is 32.2. The molecular weight excluding hydrogens is 286 g/mol. The van der Waals surface area contributed by atoms with E-state index < -0.39 is 10.0 Å². The molecule has 0 bridgehead atoms. The Morgan fingerprint density at radius 3 is 2.33 bits per heavy atom. The fourth-order valence-corrected chi connectivity index (χ4v) is 3.27. The number of hydrogen-bond acceptors (Lipinski definition) is 3. The van der Waals surface area contributed by atoms with E-state index in [1.165, 1.54) is 4.31 Å². The smallest absolute Gasteiger partial charge is 0.243 e. The van der Waals surface area contributed by atoms with Gasteiger partial charge < -0.3 is 4.74 Å². The molecular formula is C16H23NO3S. The highest BCUT2D eigenvalue weighted by Gasteiger charge is 2.23. The maximum absolute atomic E-state index is 12.6. The number of nitrogens with zero attached hydrogens (tertiary/aromatic N) is 1. The van der Waals surface area contributed by atoms with E-state index in [9.17, 15) is 8.42 Å². The first-order chi connectivity index (χ1) is 9.77. The molecule has 0 aliphatic carbocycles. The summed E-state index contributed by atoms with van der Waals surface area (Å²) in [5, 5.41) is 0. The largest absolute Gasteiger partial charge is 0.491 e. The normalized spacial score (nSPS) is 11.7. The lowest BCUT2D eigenvalue weighted by molar-refractivity contribution is 0.242. The average Bonchev–Trinajstić information content (AvgIpc) is 2.37. The van der Waals surface area contributed by atoms with Crippen molar-refractivity contribution in [3.8, 4) is 5.75 Å². The molecule has 0 radical (unpaired) electrons. The van der Waals surface area contributed by atoms with Crippen molar-refractivity contribution in [2.45, 2.75) is 31.8 Å². The van der Waals surface area contributed by atoms with Gasteiger partial charge in [-0.25, -0.2) is 8.42 Å². The Labute approximate surface area is 127 Å². The van der Waals surface area contributed by atoms with E-state index in [2.05, 4.69) is 13.2 Å². The fourth-order valence-electron chi connectivity index (χ4n) is 1.80. The van der Waals surface area contributed by atoms with Crippen molar-refractivity contribution in [2.24, 2.45) is 0 Å². The molecule has 0 aliphatic rings. The summed E-state index contributed by atoms with van der Waals surface area (Å²) in [6.45, 7) is 13.5. The third-order valence-corrected chi connectivity index (χ3v) is 4.44. The lowest BCUT2D eigenvalue weighted by atomic mass is 10.3. The number of benzene rings is 1. The van der Waals surface area contributed by atoms with Gasteiger partial charge in [-0.1, -0.05) is 18.2 Å². The van der Waals surface area contributed by atoms with Gasteiger partial charge in [0.15, 0.2) is 0 Å². The Balaban J connectivity index is 3.04. The summed E-state index contributed by atoms with van der Waals surface area (Å²) in [7, 11) is -3.56. The van der Waals surface area contributed by atoms with Crippen LogP contribution in [0.5, 0.6) is 5.75 Å². The number of sulfonamides is 1. The van der Waals surface area contributed by atoms with Gasteiger partial charge in [0, 0.05) is 13.1 Å². The Kier molecular flexibility index (Phi) is 6.18. The minimum atomic E-state index is -3.56. The molecule has 5 heteroatoms. The van der Waals surface area contributed by atoms with Crippen LogP contribution in [0.1, 0.15) is 20.8 Å². The van der Waals surface area contributed by atoms with Crippen LogP contribution in [-0.4, -0.2) is 31.9 Å². The summed E-state index contributed by atoms with van der Waals surface area (Å²) < 4.78 is 32.0. The van der Waals surface area contributed by atoms with Crippen LogP contribution < -0.4 is 4.74 Å². The molecule has 0 N–H and O–H groups in total. The lowest BCUT2D eigenvalue weighted by Crippen LogP contribution is -2.32. The van der Waals surface area contributed by atoms with E-state index in [0.717, 1.165) is 5.57 Å². The second-order valence-electron chi connectivity index (χ2n) is 5.18. The third kappa shape index (κ3) is 5.02. The Morgan fingerprint density at radius 1 is 1.33 bits per heavy atom. The number of hydrogen-bond donors (Lipinski definition) is 0. The minimum absolute atomic E-state index is 0.0492. The maximum atomic E-state index is 12.6. The molecule has 0 saturated carbocycles. The third-order valence-electron chi connectivity index (χ3n) is 2.61. The monoisotopic (exact) mass is 309 g/mol. The van der Waals surface area contributed by atoms with Crippen molar-refractivity contribution in [3.05, 3.63) is 49.1 Å². The van der Waals surface area contributed by atoms with E-state index in [0.29, 0.717) is 5.75 Å². The van der Waals surface area contributed by atoms with Crippen LogP contribution in [0.15, 0.2) is 54.0 Å². The molecule has 4 nitrogen and oxygen atoms in total. The highest BCUT2D eigenvalue weighted by molar-refractivity contribution is 7.89. The van der Waals surface area contributed by atoms with Gasteiger partial charge >= 0.3 is 0 Å². The molecule has 0 atom stereocenters. The predicted octanol–water partition coefficient (Wildman–Crippen LogP) is 3.23. The van der Waals surface area contributed by atoms with Crippen molar-refractivity contribution in [1.82, 2.24) is 4.31 Å². The zero-order valence-corrected chi connectivity index (χ0v) is 13.7. The van der Waals surface area contributed by atoms with E-state index >= 15 is 0 Å². The zero-order valence-electron chi connectivity index (χ0n) is 12.9. The summed E-state index contributed by atoms with van der Waals surface area (Å²) in [6.07, 6.45) is 1.62. The van der Waals surface area contributed by atoms with Gasteiger partial charge in [0.25, 0.3) is 0 Å². The summed E-state index contributed by atoms with van der Waals surface area (Å²) in [5.41, 5.74) is 0.778. The second-order valence-corrected chi connectivity index (χ2v) is 7.12. The first kappa shape index (κ1) is 17.5. The van der Waals surface area contributed by atoms with E-state index in [-0.39, 0.29) is 24.1 Å². The molecule has 116 valence electrons. The molecule has 0 aliphatic heterocycles. The highest BCUT2D eigenvalue weighted by Crippen LogP contribution is 2.21. The van der Waals surface area contributed by atoms with Gasteiger partial charge in [0.2, 0.25) is 10.0 Å². The molecule has 0 unspecified atom stereocenters.